The van der Waals surface area contributed by atoms with Crippen LogP contribution in [-0.4, -0.2) is 47.7 Å². The van der Waals surface area contributed by atoms with Crippen molar-refractivity contribution < 1.29 is 10.0 Å². The number of nitrogens with one attached hydrogen (secondary N) is 1. The third-order valence-electron chi connectivity index (χ3n) is 3.81. The molecule has 0 spiro atoms. The zero-order chi connectivity index (χ0) is 14.4. The van der Waals surface area contributed by atoms with E-state index in [1.54, 1.807) is 18.2 Å². The minimum atomic E-state index is -0.366. The maximum absolute atomic E-state index is 10.9. The minimum absolute atomic E-state index is 0.117. The van der Waals surface area contributed by atoms with Gasteiger partial charge in [0.05, 0.1) is 4.92 Å². The van der Waals surface area contributed by atoms with E-state index in [9.17, 15) is 10.1 Å². The Kier molecular flexibility index (Phi) is 5.31. The molecule has 2 rings (SSSR count). The van der Waals surface area contributed by atoms with Gasteiger partial charge in [0.1, 0.15) is 5.69 Å². The van der Waals surface area contributed by atoms with Gasteiger partial charge in [-0.15, -0.1) is 0 Å². The summed E-state index contributed by atoms with van der Waals surface area (Å²) < 4.78 is 0. The highest BCUT2D eigenvalue weighted by Gasteiger charge is 2.18. The third-order valence-corrected chi connectivity index (χ3v) is 3.81. The molecule has 1 aromatic carbocycles. The van der Waals surface area contributed by atoms with Crippen molar-refractivity contribution in [3.8, 4) is 0 Å². The molecular formula is C14H21N3O3. The highest BCUT2D eigenvalue weighted by Crippen LogP contribution is 2.23. The van der Waals surface area contributed by atoms with Crippen LogP contribution in [0.1, 0.15) is 12.8 Å². The quantitative estimate of drug-likeness (QED) is 0.612. The molecule has 1 fully saturated rings. The molecule has 1 aliphatic rings. The van der Waals surface area contributed by atoms with Crippen LogP contribution in [0.3, 0.4) is 0 Å². The summed E-state index contributed by atoms with van der Waals surface area (Å²) in [5.41, 5.74) is 0.689. The van der Waals surface area contributed by atoms with Crippen molar-refractivity contribution in [2.45, 2.75) is 12.8 Å². The number of rotatable bonds is 6. The SMILES string of the molecule is O=[N+]([O-])c1ccccc1NCCN1CCC(CO)CC1. The molecule has 0 amide bonds. The molecule has 1 heterocycles. The predicted octanol–water partition coefficient (Wildman–Crippen LogP) is 1.71. The Labute approximate surface area is 118 Å². The molecule has 1 aliphatic heterocycles. The number of nitrogens with zero attached hydrogens (tertiary/aromatic N) is 2. The first-order valence-corrected chi connectivity index (χ1v) is 7.01. The molecular weight excluding hydrogens is 258 g/mol. The van der Waals surface area contributed by atoms with Crippen molar-refractivity contribution in [2.24, 2.45) is 5.92 Å². The lowest BCUT2D eigenvalue weighted by Crippen LogP contribution is -2.37. The molecule has 6 nitrogen and oxygen atoms in total. The van der Waals surface area contributed by atoms with Crippen LogP contribution >= 0.6 is 0 Å². The van der Waals surface area contributed by atoms with E-state index >= 15 is 0 Å². The molecule has 20 heavy (non-hydrogen) atoms. The third kappa shape index (κ3) is 3.91. The summed E-state index contributed by atoms with van der Waals surface area (Å²) in [6, 6.07) is 6.70. The Hall–Kier alpha value is -1.66. The number of anilines is 1. The number of piperidine rings is 1. The molecule has 0 radical (unpaired) electrons. The van der Waals surface area contributed by atoms with Crippen molar-refractivity contribution in [1.29, 1.82) is 0 Å². The van der Waals surface area contributed by atoms with Crippen LogP contribution in [0.2, 0.25) is 0 Å². The second-order valence-electron chi connectivity index (χ2n) is 5.17. The minimum Gasteiger partial charge on any atom is -0.396 e. The number of para-hydroxylation sites is 2. The van der Waals surface area contributed by atoms with Crippen LogP contribution in [0, 0.1) is 16.0 Å². The summed E-state index contributed by atoms with van der Waals surface area (Å²) in [6.07, 6.45) is 2.06. The summed E-state index contributed by atoms with van der Waals surface area (Å²) in [7, 11) is 0. The highest BCUT2D eigenvalue weighted by atomic mass is 16.6. The molecule has 0 aliphatic carbocycles. The number of likely N-dealkylation sites (tertiary alicyclic amines) is 1. The van der Waals surface area contributed by atoms with E-state index in [2.05, 4.69) is 10.2 Å². The monoisotopic (exact) mass is 279 g/mol. The first kappa shape index (κ1) is 14.7. The molecule has 1 aromatic rings. The van der Waals surface area contributed by atoms with Crippen LogP contribution in [0.5, 0.6) is 0 Å². The smallest absolute Gasteiger partial charge is 0.292 e. The first-order chi connectivity index (χ1) is 9.70. The van der Waals surface area contributed by atoms with Crippen molar-refractivity contribution in [1.82, 2.24) is 4.90 Å². The number of benzene rings is 1. The van der Waals surface area contributed by atoms with E-state index in [0.717, 1.165) is 32.5 Å². The zero-order valence-corrected chi connectivity index (χ0v) is 11.5. The Morgan fingerprint density at radius 1 is 1.35 bits per heavy atom. The van der Waals surface area contributed by atoms with Crippen LogP contribution < -0.4 is 5.32 Å². The molecule has 0 bridgehead atoms. The molecule has 0 saturated carbocycles. The van der Waals surface area contributed by atoms with E-state index in [0.29, 0.717) is 18.2 Å². The van der Waals surface area contributed by atoms with Gasteiger partial charge in [-0.1, -0.05) is 12.1 Å². The van der Waals surface area contributed by atoms with E-state index in [4.69, 9.17) is 5.11 Å². The van der Waals surface area contributed by atoms with Gasteiger partial charge in [0.2, 0.25) is 0 Å². The lowest BCUT2D eigenvalue weighted by Gasteiger charge is -2.31. The second kappa shape index (κ2) is 7.21. The second-order valence-corrected chi connectivity index (χ2v) is 5.17. The van der Waals surface area contributed by atoms with Crippen LogP contribution in [-0.2, 0) is 0 Å². The van der Waals surface area contributed by atoms with Crippen LogP contribution in [0.4, 0.5) is 11.4 Å². The van der Waals surface area contributed by atoms with Crippen molar-refractivity contribution >= 4 is 11.4 Å². The van der Waals surface area contributed by atoms with E-state index in [1.807, 2.05) is 0 Å². The van der Waals surface area contributed by atoms with Gasteiger partial charge in [-0.25, -0.2) is 0 Å². The average Bonchev–Trinajstić information content (AvgIpc) is 2.48. The van der Waals surface area contributed by atoms with Gasteiger partial charge in [0.25, 0.3) is 5.69 Å². The zero-order valence-electron chi connectivity index (χ0n) is 11.5. The van der Waals surface area contributed by atoms with Gasteiger partial charge < -0.3 is 15.3 Å². The molecule has 0 aromatic heterocycles. The molecule has 1 saturated heterocycles. The van der Waals surface area contributed by atoms with Crippen molar-refractivity contribution in [2.75, 3.05) is 38.1 Å². The fourth-order valence-electron chi connectivity index (χ4n) is 2.52. The fourth-order valence-corrected chi connectivity index (χ4v) is 2.52. The summed E-state index contributed by atoms with van der Waals surface area (Å²) in [5.74, 6) is 0.439. The van der Waals surface area contributed by atoms with Crippen LogP contribution in [0.25, 0.3) is 0 Å². The summed E-state index contributed by atoms with van der Waals surface area (Å²) in [6.45, 7) is 3.81. The number of nitro groups is 1. The van der Waals surface area contributed by atoms with E-state index in [1.165, 1.54) is 6.07 Å². The summed E-state index contributed by atoms with van der Waals surface area (Å²) in [5, 5.41) is 23.1. The predicted molar refractivity (Wildman–Crippen MR) is 77.8 cm³/mol. The van der Waals surface area contributed by atoms with Crippen molar-refractivity contribution in [3.63, 3.8) is 0 Å². The van der Waals surface area contributed by atoms with Gasteiger partial charge >= 0.3 is 0 Å². The van der Waals surface area contributed by atoms with Crippen molar-refractivity contribution in [3.05, 3.63) is 34.4 Å². The van der Waals surface area contributed by atoms with E-state index < -0.39 is 0 Å². The van der Waals surface area contributed by atoms with Gasteiger partial charge in [0, 0.05) is 25.8 Å². The van der Waals surface area contributed by atoms with Gasteiger partial charge in [0.15, 0.2) is 0 Å². The average molecular weight is 279 g/mol. The number of aliphatic hydroxyl groups is 1. The topological polar surface area (TPSA) is 78.6 Å². The maximum atomic E-state index is 10.9. The Bertz CT molecular complexity index is 445. The van der Waals surface area contributed by atoms with Gasteiger partial charge in [-0.2, -0.15) is 0 Å². The highest BCUT2D eigenvalue weighted by molar-refractivity contribution is 5.60. The van der Waals surface area contributed by atoms with E-state index in [-0.39, 0.29) is 17.2 Å². The Morgan fingerprint density at radius 2 is 2.05 bits per heavy atom. The Morgan fingerprint density at radius 3 is 2.70 bits per heavy atom. The molecule has 0 atom stereocenters. The molecule has 110 valence electrons. The summed E-state index contributed by atoms with van der Waals surface area (Å²) >= 11 is 0. The first-order valence-electron chi connectivity index (χ1n) is 7.01. The van der Waals surface area contributed by atoms with Gasteiger partial charge in [-0.05, 0) is 37.9 Å². The maximum Gasteiger partial charge on any atom is 0.292 e. The number of hydrogen-bond donors (Lipinski definition) is 2. The normalized spacial score (nSPS) is 17.1. The van der Waals surface area contributed by atoms with Crippen LogP contribution in [0.15, 0.2) is 24.3 Å². The lowest BCUT2D eigenvalue weighted by atomic mass is 9.98. The number of nitro benzene ring substituents is 1. The number of aliphatic hydroxyl groups excluding tert-OH is 1. The fraction of sp³-hybridized carbons (Fsp3) is 0.571. The molecule has 6 heteroatoms. The summed E-state index contributed by atoms with van der Waals surface area (Å²) in [4.78, 5) is 12.8. The molecule has 0 unspecified atom stereocenters. The van der Waals surface area contributed by atoms with Gasteiger partial charge in [-0.3, -0.25) is 10.1 Å². The standard InChI is InChI=1S/C14H21N3O3/c18-11-12-5-8-16(9-6-12)10-7-15-13-3-1-2-4-14(13)17(19)20/h1-4,12,15,18H,5-11H2. The largest absolute Gasteiger partial charge is 0.396 e. The lowest BCUT2D eigenvalue weighted by molar-refractivity contribution is -0.384. The molecule has 2 N–H and O–H groups in total. The Balaban J connectivity index is 1.78. The number of hydrogen-bond acceptors (Lipinski definition) is 5.